The summed E-state index contributed by atoms with van der Waals surface area (Å²) in [6.07, 6.45) is 0.667. The van der Waals surface area contributed by atoms with Crippen molar-refractivity contribution in [3.05, 3.63) is 46.6 Å². The van der Waals surface area contributed by atoms with E-state index < -0.39 is 5.54 Å². The summed E-state index contributed by atoms with van der Waals surface area (Å²) in [5, 5.41) is 3.96. The van der Waals surface area contributed by atoms with Crippen molar-refractivity contribution in [1.82, 2.24) is 10.1 Å². The van der Waals surface area contributed by atoms with E-state index in [1.54, 1.807) is 0 Å². The highest BCUT2D eigenvalue weighted by Crippen LogP contribution is 2.16. The summed E-state index contributed by atoms with van der Waals surface area (Å²) in [7, 11) is 0. The lowest BCUT2D eigenvalue weighted by Crippen LogP contribution is -2.29. The third-order valence-electron chi connectivity index (χ3n) is 2.95. The average molecular weight is 245 g/mol. The van der Waals surface area contributed by atoms with E-state index in [0.717, 1.165) is 0 Å². The molecule has 0 amide bonds. The van der Waals surface area contributed by atoms with E-state index in [1.165, 1.54) is 16.7 Å². The lowest BCUT2D eigenvalue weighted by atomic mass is 10.0. The normalized spacial score (nSPS) is 11.8. The number of hydrogen-bond acceptors (Lipinski definition) is 4. The quantitative estimate of drug-likeness (QED) is 0.902. The first-order chi connectivity index (χ1) is 8.36. The van der Waals surface area contributed by atoms with Crippen LogP contribution in [0.25, 0.3) is 0 Å². The molecule has 0 fully saturated rings. The number of aryl methyl sites for hydroxylation is 2. The third kappa shape index (κ3) is 2.76. The molecule has 0 atom stereocenters. The van der Waals surface area contributed by atoms with Crippen molar-refractivity contribution in [2.45, 2.75) is 39.7 Å². The minimum atomic E-state index is -0.589. The Hall–Kier alpha value is -1.68. The molecule has 0 aliphatic carbocycles. The molecule has 0 bridgehead atoms. The predicted octanol–water partition coefficient (Wildman–Crippen LogP) is 2.47. The van der Waals surface area contributed by atoms with Gasteiger partial charge in [-0.25, -0.2) is 0 Å². The number of nitrogens with two attached hydrogens (primary N) is 1. The molecule has 2 rings (SSSR count). The second-order valence-corrected chi connectivity index (χ2v) is 5.33. The molecule has 0 radical (unpaired) electrons. The van der Waals surface area contributed by atoms with Gasteiger partial charge in [-0.2, -0.15) is 4.98 Å². The van der Waals surface area contributed by atoms with Crippen LogP contribution in [0, 0.1) is 13.8 Å². The van der Waals surface area contributed by atoms with Gasteiger partial charge in [-0.3, -0.25) is 0 Å². The number of hydrogen-bond donors (Lipinski definition) is 1. The van der Waals surface area contributed by atoms with E-state index in [2.05, 4.69) is 42.2 Å². The van der Waals surface area contributed by atoms with E-state index in [1.807, 2.05) is 13.8 Å². The first-order valence-corrected chi connectivity index (χ1v) is 6.04. The maximum Gasteiger partial charge on any atom is 0.246 e. The highest BCUT2D eigenvalue weighted by Gasteiger charge is 2.22. The van der Waals surface area contributed by atoms with Crippen LogP contribution in [0.1, 0.15) is 42.3 Å². The number of rotatable bonds is 3. The molecule has 0 aliphatic rings. The fraction of sp³-hybridized carbons (Fsp3) is 0.429. The van der Waals surface area contributed by atoms with Gasteiger partial charge in [0.2, 0.25) is 5.89 Å². The van der Waals surface area contributed by atoms with Gasteiger partial charge in [0.1, 0.15) is 0 Å². The van der Waals surface area contributed by atoms with E-state index in [0.29, 0.717) is 18.1 Å². The largest absolute Gasteiger partial charge is 0.337 e. The second kappa shape index (κ2) is 4.53. The van der Waals surface area contributed by atoms with Crippen LogP contribution in [0.4, 0.5) is 0 Å². The Morgan fingerprint density at radius 3 is 2.50 bits per heavy atom. The van der Waals surface area contributed by atoms with Crippen molar-refractivity contribution in [3.8, 4) is 0 Å². The summed E-state index contributed by atoms with van der Waals surface area (Å²) in [5.74, 6) is 1.15. The highest BCUT2D eigenvalue weighted by atomic mass is 16.5. The summed E-state index contributed by atoms with van der Waals surface area (Å²) >= 11 is 0. The van der Waals surface area contributed by atoms with E-state index in [4.69, 9.17) is 10.3 Å². The van der Waals surface area contributed by atoms with Crippen molar-refractivity contribution in [2.24, 2.45) is 5.73 Å². The lowest BCUT2D eigenvalue weighted by molar-refractivity contribution is 0.310. The molecule has 1 aromatic carbocycles. The van der Waals surface area contributed by atoms with E-state index >= 15 is 0 Å². The molecule has 4 nitrogen and oxygen atoms in total. The Morgan fingerprint density at radius 1 is 1.22 bits per heavy atom. The monoisotopic (exact) mass is 245 g/mol. The summed E-state index contributed by atoms with van der Waals surface area (Å²) in [6.45, 7) is 7.90. The fourth-order valence-corrected chi connectivity index (χ4v) is 1.68. The van der Waals surface area contributed by atoms with Crippen molar-refractivity contribution >= 4 is 0 Å². The van der Waals surface area contributed by atoms with Gasteiger partial charge < -0.3 is 10.3 Å². The van der Waals surface area contributed by atoms with Crippen molar-refractivity contribution in [3.63, 3.8) is 0 Å². The molecule has 0 unspecified atom stereocenters. The van der Waals surface area contributed by atoms with Gasteiger partial charge in [-0.15, -0.1) is 0 Å². The Morgan fingerprint density at radius 2 is 1.94 bits per heavy atom. The van der Waals surface area contributed by atoms with Crippen LogP contribution >= 0.6 is 0 Å². The highest BCUT2D eigenvalue weighted by molar-refractivity contribution is 5.31. The molecule has 96 valence electrons. The smallest absolute Gasteiger partial charge is 0.246 e. The van der Waals surface area contributed by atoms with E-state index in [9.17, 15) is 0 Å². The van der Waals surface area contributed by atoms with Gasteiger partial charge in [-0.1, -0.05) is 23.4 Å². The van der Waals surface area contributed by atoms with Crippen LogP contribution in [-0.2, 0) is 12.0 Å². The van der Waals surface area contributed by atoms with Crippen LogP contribution in [0.5, 0.6) is 0 Å². The summed E-state index contributed by atoms with van der Waals surface area (Å²) < 4.78 is 5.17. The van der Waals surface area contributed by atoms with Crippen molar-refractivity contribution in [1.29, 1.82) is 0 Å². The number of nitrogens with zero attached hydrogens (tertiary/aromatic N) is 2. The zero-order valence-corrected chi connectivity index (χ0v) is 11.3. The molecule has 1 aromatic heterocycles. The zero-order chi connectivity index (χ0) is 13.3. The SMILES string of the molecule is Cc1ccc(Cc2noc(C(C)(C)N)n2)cc1C. The molecule has 0 saturated heterocycles. The Balaban J connectivity index is 2.19. The molecule has 1 heterocycles. The number of aromatic nitrogens is 2. The van der Waals surface area contributed by atoms with Gasteiger partial charge in [-0.05, 0) is 44.4 Å². The van der Waals surface area contributed by atoms with E-state index in [-0.39, 0.29) is 0 Å². The fourth-order valence-electron chi connectivity index (χ4n) is 1.68. The van der Waals surface area contributed by atoms with Gasteiger partial charge in [0.15, 0.2) is 5.82 Å². The average Bonchev–Trinajstić information content (AvgIpc) is 2.72. The van der Waals surface area contributed by atoms with Crippen LogP contribution < -0.4 is 5.73 Å². The second-order valence-electron chi connectivity index (χ2n) is 5.33. The van der Waals surface area contributed by atoms with Gasteiger partial charge in [0, 0.05) is 6.42 Å². The van der Waals surface area contributed by atoms with Crippen molar-refractivity contribution < 1.29 is 4.52 Å². The molecular formula is C14H19N3O. The minimum absolute atomic E-state index is 0.473. The molecular weight excluding hydrogens is 226 g/mol. The van der Waals surface area contributed by atoms with Crippen LogP contribution in [0.15, 0.2) is 22.7 Å². The lowest BCUT2D eigenvalue weighted by Gasteiger charge is -2.10. The standard InChI is InChI=1S/C14H19N3O/c1-9-5-6-11(7-10(9)2)8-12-16-13(18-17-12)14(3,4)15/h5-7H,8,15H2,1-4H3. The molecule has 18 heavy (non-hydrogen) atoms. The molecule has 0 aliphatic heterocycles. The Bertz CT molecular complexity index is 552. The first-order valence-electron chi connectivity index (χ1n) is 6.04. The van der Waals surface area contributed by atoms with Crippen LogP contribution in [0.3, 0.4) is 0 Å². The molecule has 2 aromatic rings. The maximum atomic E-state index is 5.91. The summed E-state index contributed by atoms with van der Waals surface area (Å²) in [5.41, 5.74) is 9.06. The summed E-state index contributed by atoms with van der Waals surface area (Å²) in [6, 6.07) is 6.35. The van der Waals surface area contributed by atoms with Gasteiger partial charge >= 0.3 is 0 Å². The Labute approximate surface area is 107 Å². The van der Waals surface area contributed by atoms with Crippen LogP contribution in [0.2, 0.25) is 0 Å². The molecule has 0 spiro atoms. The third-order valence-corrected chi connectivity index (χ3v) is 2.95. The van der Waals surface area contributed by atoms with Crippen LogP contribution in [-0.4, -0.2) is 10.1 Å². The summed E-state index contributed by atoms with van der Waals surface area (Å²) in [4.78, 5) is 4.33. The molecule has 0 saturated carbocycles. The molecule has 4 heteroatoms. The Kier molecular flexibility index (Phi) is 3.22. The topological polar surface area (TPSA) is 64.9 Å². The van der Waals surface area contributed by atoms with Gasteiger partial charge in [0.05, 0.1) is 5.54 Å². The van der Waals surface area contributed by atoms with Crippen molar-refractivity contribution in [2.75, 3.05) is 0 Å². The van der Waals surface area contributed by atoms with Gasteiger partial charge in [0.25, 0.3) is 0 Å². The molecule has 2 N–H and O–H groups in total. The minimum Gasteiger partial charge on any atom is -0.337 e. The zero-order valence-electron chi connectivity index (χ0n) is 11.3. The first kappa shape index (κ1) is 12.8. The predicted molar refractivity (Wildman–Crippen MR) is 70.2 cm³/mol. The number of benzene rings is 1. The maximum absolute atomic E-state index is 5.91.